The molecule has 0 aliphatic rings. The monoisotopic (exact) mass is 345 g/mol. The molecule has 0 N–H and O–H groups in total. The van der Waals surface area contributed by atoms with Crippen molar-refractivity contribution in [3.05, 3.63) is 33.3 Å². The zero-order valence-electron chi connectivity index (χ0n) is 10.8. The number of hydrogen-bond acceptors (Lipinski definition) is 3. The van der Waals surface area contributed by atoms with Crippen molar-refractivity contribution in [1.82, 2.24) is 24.5 Å². The normalized spacial score (nSPS) is 10.8. The second kappa shape index (κ2) is 5.34. The molecular weight excluding hydrogens is 334 g/mol. The summed E-state index contributed by atoms with van der Waals surface area (Å²) < 4.78 is 3.91. The van der Waals surface area contributed by atoms with Gasteiger partial charge in [-0.2, -0.15) is 10.2 Å². The number of carbonyl (C=O) groups excluding carboxylic acids is 1. The summed E-state index contributed by atoms with van der Waals surface area (Å²) in [7, 11) is 5.25. The van der Waals surface area contributed by atoms with Crippen LogP contribution < -0.4 is 0 Å². The van der Waals surface area contributed by atoms with Crippen molar-refractivity contribution in [1.29, 1.82) is 0 Å². The maximum Gasteiger partial charge on any atom is 0.275 e. The van der Waals surface area contributed by atoms with E-state index in [2.05, 4.69) is 26.1 Å². The van der Waals surface area contributed by atoms with Crippen LogP contribution in [0.5, 0.6) is 0 Å². The third kappa shape index (κ3) is 2.82. The lowest BCUT2D eigenvalue weighted by Crippen LogP contribution is -2.28. The van der Waals surface area contributed by atoms with Crippen LogP contribution in [0.3, 0.4) is 0 Å². The minimum absolute atomic E-state index is 0.176. The highest BCUT2D eigenvalue weighted by atomic mass is 79.9. The van der Waals surface area contributed by atoms with Gasteiger partial charge in [0.05, 0.1) is 27.9 Å². The average molecular weight is 347 g/mol. The molecule has 1 amide bonds. The van der Waals surface area contributed by atoms with E-state index < -0.39 is 0 Å². The Morgan fingerprint density at radius 3 is 2.68 bits per heavy atom. The fourth-order valence-corrected chi connectivity index (χ4v) is 2.47. The number of carbonyl (C=O) groups is 1. The molecule has 0 radical (unpaired) electrons. The molecule has 0 aromatic carbocycles. The first-order valence-electron chi connectivity index (χ1n) is 5.51. The molecular formula is C11H13BrClN5O. The SMILES string of the molecule is CN(Cc1c(Cl)cnn1C)C(=O)c1nn(C)cc1Br. The summed E-state index contributed by atoms with van der Waals surface area (Å²) in [6.45, 7) is 0.372. The van der Waals surface area contributed by atoms with Crippen LogP contribution in [-0.2, 0) is 20.6 Å². The molecule has 102 valence electrons. The molecule has 0 aliphatic carbocycles. The number of hydrogen-bond donors (Lipinski definition) is 0. The third-order valence-corrected chi connectivity index (χ3v) is 3.63. The maximum atomic E-state index is 12.3. The predicted octanol–water partition coefficient (Wildman–Crippen LogP) is 1.84. The Morgan fingerprint density at radius 1 is 1.53 bits per heavy atom. The van der Waals surface area contributed by atoms with Gasteiger partial charge in [0, 0.05) is 27.3 Å². The average Bonchev–Trinajstić information content (AvgIpc) is 2.84. The number of aromatic nitrogens is 4. The zero-order chi connectivity index (χ0) is 14.2. The predicted molar refractivity (Wildman–Crippen MR) is 74.9 cm³/mol. The molecule has 2 rings (SSSR count). The molecule has 0 saturated carbocycles. The van der Waals surface area contributed by atoms with E-state index in [4.69, 9.17) is 11.6 Å². The highest BCUT2D eigenvalue weighted by Gasteiger charge is 2.20. The van der Waals surface area contributed by atoms with Crippen LogP contribution in [0.15, 0.2) is 16.9 Å². The lowest BCUT2D eigenvalue weighted by Gasteiger charge is -2.16. The number of nitrogens with zero attached hydrogens (tertiary/aromatic N) is 5. The maximum absolute atomic E-state index is 12.3. The van der Waals surface area contributed by atoms with Gasteiger partial charge in [-0.15, -0.1) is 0 Å². The summed E-state index contributed by atoms with van der Waals surface area (Å²) in [5, 5.41) is 8.71. The van der Waals surface area contributed by atoms with Crippen LogP contribution >= 0.6 is 27.5 Å². The van der Waals surface area contributed by atoms with Crippen molar-refractivity contribution in [3.63, 3.8) is 0 Å². The van der Waals surface area contributed by atoms with E-state index in [1.54, 1.807) is 47.8 Å². The van der Waals surface area contributed by atoms with Crippen LogP contribution in [0.2, 0.25) is 5.02 Å². The van der Waals surface area contributed by atoms with Crippen LogP contribution in [0.1, 0.15) is 16.2 Å². The second-order valence-corrected chi connectivity index (χ2v) is 5.48. The molecule has 0 saturated heterocycles. The molecule has 0 bridgehead atoms. The van der Waals surface area contributed by atoms with E-state index in [1.807, 2.05) is 0 Å². The van der Waals surface area contributed by atoms with E-state index in [-0.39, 0.29) is 5.91 Å². The van der Waals surface area contributed by atoms with E-state index in [0.717, 1.165) is 5.69 Å². The highest BCUT2D eigenvalue weighted by Crippen LogP contribution is 2.19. The standard InChI is InChI=1S/C11H13BrClN5O/c1-16(6-9-8(13)4-14-18(9)3)11(19)10-7(12)5-17(2)15-10/h4-5H,6H2,1-3H3. The van der Waals surface area contributed by atoms with Gasteiger partial charge in [-0.25, -0.2) is 0 Å². The van der Waals surface area contributed by atoms with Crippen LogP contribution in [0.4, 0.5) is 0 Å². The Bertz CT molecular complexity index is 601. The van der Waals surface area contributed by atoms with Gasteiger partial charge in [-0.3, -0.25) is 14.2 Å². The zero-order valence-corrected chi connectivity index (χ0v) is 13.1. The van der Waals surface area contributed by atoms with Crippen molar-refractivity contribution in [2.45, 2.75) is 6.54 Å². The lowest BCUT2D eigenvalue weighted by molar-refractivity contribution is 0.0774. The largest absolute Gasteiger partial charge is 0.334 e. The van der Waals surface area contributed by atoms with Gasteiger partial charge >= 0.3 is 0 Å². The van der Waals surface area contributed by atoms with Gasteiger partial charge in [0.25, 0.3) is 5.91 Å². The van der Waals surface area contributed by atoms with Crippen LogP contribution in [-0.4, -0.2) is 37.4 Å². The molecule has 2 heterocycles. The lowest BCUT2D eigenvalue weighted by atomic mass is 10.3. The first-order valence-corrected chi connectivity index (χ1v) is 6.68. The van der Waals surface area contributed by atoms with Gasteiger partial charge in [0.2, 0.25) is 0 Å². The van der Waals surface area contributed by atoms with Gasteiger partial charge < -0.3 is 4.90 Å². The van der Waals surface area contributed by atoms with Crippen LogP contribution in [0, 0.1) is 0 Å². The Labute approximate surface area is 124 Å². The Hall–Kier alpha value is -1.34. The van der Waals surface area contributed by atoms with Gasteiger partial charge in [-0.1, -0.05) is 11.6 Å². The third-order valence-electron chi connectivity index (χ3n) is 2.73. The van der Waals surface area contributed by atoms with Gasteiger partial charge in [0.1, 0.15) is 0 Å². The molecule has 6 nitrogen and oxygen atoms in total. The number of halogens is 2. The van der Waals surface area contributed by atoms with Crippen molar-refractivity contribution < 1.29 is 4.79 Å². The molecule has 8 heteroatoms. The number of rotatable bonds is 3. The summed E-state index contributed by atoms with van der Waals surface area (Å²) in [5.74, 6) is -0.176. The summed E-state index contributed by atoms with van der Waals surface area (Å²) in [6.07, 6.45) is 3.30. The molecule has 0 aliphatic heterocycles. The minimum atomic E-state index is -0.176. The Balaban J connectivity index is 2.19. The van der Waals surface area contributed by atoms with Crippen molar-refractivity contribution in [2.75, 3.05) is 7.05 Å². The summed E-state index contributed by atoms with van der Waals surface area (Å²) in [4.78, 5) is 13.8. The molecule has 0 spiro atoms. The van der Waals surface area contributed by atoms with E-state index in [9.17, 15) is 4.79 Å². The highest BCUT2D eigenvalue weighted by molar-refractivity contribution is 9.10. The smallest absolute Gasteiger partial charge is 0.275 e. The number of aryl methyl sites for hydroxylation is 2. The summed E-state index contributed by atoms with van der Waals surface area (Å²) >= 11 is 9.34. The fourth-order valence-electron chi connectivity index (χ4n) is 1.70. The Morgan fingerprint density at radius 2 is 2.21 bits per heavy atom. The quantitative estimate of drug-likeness (QED) is 0.852. The molecule has 2 aromatic rings. The second-order valence-electron chi connectivity index (χ2n) is 4.22. The van der Waals surface area contributed by atoms with E-state index in [1.165, 1.54) is 0 Å². The molecule has 2 aromatic heterocycles. The molecule has 0 fully saturated rings. The molecule has 0 unspecified atom stereocenters. The van der Waals surface area contributed by atoms with Gasteiger partial charge in [-0.05, 0) is 15.9 Å². The van der Waals surface area contributed by atoms with Crippen LogP contribution in [0.25, 0.3) is 0 Å². The van der Waals surface area contributed by atoms with Crippen molar-refractivity contribution in [3.8, 4) is 0 Å². The molecule has 19 heavy (non-hydrogen) atoms. The first-order chi connectivity index (χ1) is 8.90. The topological polar surface area (TPSA) is 56.0 Å². The van der Waals surface area contributed by atoms with Gasteiger partial charge in [0.15, 0.2) is 5.69 Å². The van der Waals surface area contributed by atoms with Crippen molar-refractivity contribution in [2.24, 2.45) is 14.1 Å². The van der Waals surface area contributed by atoms with E-state index >= 15 is 0 Å². The minimum Gasteiger partial charge on any atom is -0.334 e. The van der Waals surface area contributed by atoms with E-state index in [0.29, 0.717) is 21.7 Å². The first kappa shape index (κ1) is 14.1. The van der Waals surface area contributed by atoms with Crippen molar-refractivity contribution >= 4 is 33.4 Å². The summed E-state index contributed by atoms with van der Waals surface area (Å²) in [5.41, 5.74) is 1.16. The number of amides is 1. The summed E-state index contributed by atoms with van der Waals surface area (Å²) in [6, 6.07) is 0. The fraction of sp³-hybridized carbons (Fsp3) is 0.364. The Kier molecular flexibility index (Phi) is 3.96. The molecule has 0 atom stereocenters.